The average Bonchev–Trinajstić information content (AvgIpc) is 2.83. The van der Waals surface area contributed by atoms with Crippen molar-refractivity contribution in [1.29, 1.82) is 0 Å². The van der Waals surface area contributed by atoms with Gasteiger partial charge in [0.1, 0.15) is 30.3 Å². The summed E-state index contributed by atoms with van der Waals surface area (Å²) in [5, 5.41) is 13.4. The molecule has 0 aliphatic carbocycles. The summed E-state index contributed by atoms with van der Waals surface area (Å²) in [4.78, 5) is 8.68. The molecule has 0 spiro atoms. The number of methoxy groups -OCH3 is 1. The minimum absolute atomic E-state index is 0.0362. The molecule has 0 amide bonds. The molecule has 0 bridgehead atoms. The molecule has 0 saturated heterocycles. The molecule has 9 heteroatoms. The molecule has 1 heterocycles. The van der Waals surface area contributed by atoms with Crippen LogP contribution >= 0.6 is 11.6 Å². The molecule has 0 fully saturated rings. The van der Waals surface area contributed by atoms with Gasteiger partial charge in [0.05, 0.1) is 24.3 Å². The lowest BCUT2D eigenvalue weighted by molar-refractivity contribution is 0.228. The predicted octanol–water partition coefficient (Wildman–Crippen LogP) is 5.51. The highest BCUT2D eigenvalue weighted by Crippen LogP contribution is 2.36. The largest absolute Gasteiger partial charge is 0.493 e. The first-order valence-corrected chi connectivity index (χ1v) is 11.0. The van der Waals surface area contributed by atoms with Crippen LogP contribution in [0.25, 0.3) is 10.9 Å². The first kappa shape index (κ1) is 23.5. The smallest absolute Gasteiger partial charge is 0.162 e. The Morgan fingerprint density at radius 3 is 2.65 bits per heavy atom. The van der Waals surface area contributed by atoms with Crippen molar-refractivity contribution in [2.75, 3.05) is 25.6 Å². The highest BCUT2D eigenvalue weighted by molar-refractivity contribution is 6.32. The van der Waals surface area contributed by atoms with Crippen LogP contribution in [-0.4, -0.2) is 35.4 Å². The lowest BCUT2D eigenvalue weighted by Gasteiger charge is -2.14. The number of fused-ring (bicyclic) bond motifs is 1. The summed E-state index contributed by atoms with van der Waals surface area (Å²) in [7, 11) is 1.56. The number of hydrogen-bond acceptors (Lipinski definition) is 7. The molecule has 3 aromatic carbocycles. The predicted molar refractivity (Wildman–Crippen MR) is 129 cm³/mol. The topological polar surface area (TPSA) is 85.7 Å². The van der Waals surface area contributed by atoms with Gasteiger partial charge in [0.2, 0.25) is 0 Å². The number of aromatic nitrogens is 2. The van der Waals surface area contributed by atoms with Crippen molar-refractivity contribution in [2.24, 2.45) is 0 Å². The molecule has 34 heavy (non-hydrogen) atoms. The Morgan fingerprint density at radius 2 is 1.88 bits per heavy atom. The van der Waals surface area contributed by atoms with Crippen LogP contribution in [0.4, 0.5) is 15.9 Å². The molecule has 4 aromatic rings. The third-order valence-corrected chi connectivity index (χ3v) is 5.25. The number of halogens is 2. The molecule has 0 saturated carbocycles. The first-order chi connectivity index (χ1) is 16.6. The summed E-state index contributed by atoms with van der Waals surface area (Å²) >= 11 is 6.42. The quantitative estimate of drug-likeness (QED) is 0.287. The molecule has 0 aliphatic rings. The highest BCUT2D eigenvalue weighted by Gasteiger charge is 2.13. The van der Waals surface area contributed by atoms with E-state index in [2.05, 4.69) is 15.3 Å². The van der Waals surface area contributed by atoms with Gasteiger partial charge in [0.25, 0.3) is 0 Å². The van der Waals surface area contributed by atoms with Crippen LogP contribution in [-0.2, 0) is 6.61 Å². The van der Waals surface area contributed by atoms with Gasteiger partial charge in [0.15, 0.2) is 11.5 Å². The second-order valence-corrected chi connectivity index (χ2v) is 7.76. The number of benzene rings is 3. The zero-order valence-electron chi connectivity index (χ0n) is 18.4. The Bertz CT molecular complexity index is 1290. The van der Waals surface area contributed by atoms with Crippen molar-refractivity contribution in [2.45, 2.75) is 13.0 Å². The van der Waals surface area contributed by atoms with E-state index in [4.69, 9.17) is 30.9 Å². The van der Waals surface area contributed by atoms with Crippen molar-refractivity contribution in [3.8, 4) is 17.2 Å². The number of ether oxygens (including phenoxy) is 3. The number of nitrogens with one attached hydrogen (secondary N) is 1. The maximum absolute atomic E-state index is 13.4. The zero-order chi connectivity index (χ0) is 23.9. The van der Waals surface area contributed by atoms with Crippen LogP contribution in [0.3, 0.4) is 0 Å². The Morgan fingerprint density at radius 1 is 1.00 bits per heavy atom. The van der Waals surface area contributed by atoms with Crippen molar-refractivity contribution in [3.63, 3.8) is 0 Å². The van der Waals surface area contributed by atoms with E-state index in [1.165, 1.54) is 18.5 Å². The molecule has 2 N–H and O–H groups in total. The van der Waals surface area contributed by atoms with Crippen LogP contribution < -0.4 is 19.5 Å². The Balaban J connectivity index is 1.54. The summed E-state index contributed by atoms with van der Waals surface area (Å²) in [5.74, 6) is 1.79. The number of aliphatic hydroxyl groups excluding tert-OH is 1. The second-order valence-electron chi connectivity index (χ2n) is 7.36. The summed E-state index contributed by atoms with van der Waals surface area (Å²) in [6.07, 6.45) is 1.96. The first-order valence-electron chi connectivity index (χ1n) is 10.6. The minimum atomic E-state index is -0.316. The maximum atomic E-state index is 13.4. The zero-order valence-corrected chi connectivity index (χ0v) is 19.2. The molecular formula is C25H23ClFN3O4. The van der Waals surface area contributed by atoms with Gasteiger partial charge in [-0.05, 0) is 42.0 Å². The molecule has 1 aromatic heterocycles. The third-order valence-electron chi connectivity index (χ3n) is 4.96. The van der Waals surface area contributed by atoms with Gasteiger partial charge in [-0.25, -0.2) is 14.4 Å². The van der Waals surface area contributed by atoms with Gasteiger partial charge in [-0.1, -0.05) is 23.7 Å². The molecule has 0 radical (unpaired) electrons. The van der Waals surface area contributed by atoms with Gasteiger partial charge in [-0.2, -0.15) is 0 Å². The fourth-order valence-electron chi connectivity index (χ4n) is 3.30. The van der Waals surface area contributed by atoms with Gasteiger partial charge >= 0.3 is 0 Å². The normalized spacial score (nSPS) is 10.8. The molecule has 0 unspecified atom stereocenters. The Labute approximate surface area is 201 Å². The summed E-state index contributed by atoms with van der Waals surface area (Å²) in [6, 6.07) is 15.0. The van der Waals surface area contributed by atoms with Crippen molar-refractivity contribution in [1.82, 2.24) is 9.97 Å². The molecule has 7 nitrogen and oxygen atoms in total. The van der Waals surface area contributed by atoms with Crippen LogP contribution in [0.1, 0.15) is 12.0 Å². The van der Waals surface area contributed by atoms with Crippen LogP contribution in [0.15, 0.2) is 60.9 Å². The third kappa shape index (κ3) is 5.65. The lowest BCUT2D eigenvalue weighted by atomic mass is 10.2. The molecule has 176 valence electrons. The van der Waals surface area contributed by atoms with Crippen molar-refractivity contribution < 1.29 is 23.7 Å². The Hall–Kier alpha value is -3.62. The second kappa shape index (κ2) is 11.0. The van der Waals surface area contributed by atoms with Gasteiger partial charge < -0.3 is 24.6 Å². The molecular weight excluding hydrogens is 461 g/mol. The maximum Gasteiger partial charge on any atom is 0.162 e. The molecule has 4 rings (SSSR count). The number of nitrogens with zero attached hydrogens (tertiary/aromatic N) is 2. The number of aliphatic hydroxyl groups is 1. The summed E-state index contributed by atoms with van der Waals surface area (Å²) in [6.45, 7) is 0.581. The van der Waals surface area contributed by atoms with Crippen molar-refractivity contribution in [3.05, 3.63) is 77.3 Å². The van der Waals surface area contributed by atoms with E-state index in [1.54, 1.807) is 43.5 Å². The SMILES string of the molecule is COc1cc2ncnc(Nc3ccc(OCc4cccc(F)c4)c(Cl)c3)c2cc1OCCCO. The van der Waals surface area contributed by atoms with E-state index in [-0.39, 0.29) is 19.0 Å². The van der Waals surface area contributed by atoms with E-state index < -0.39 is 0 Å². The summed E-state index contributed by atoms with van der Waals surface area (Å²) in [5.41, 5.74) is 2.07. The lowest BCUT2D eigenvalue weighted by Crippen LogP contribution is -2.02. The van der Waals surface area contributed by atoms with Crippen LogP contribution in [0.5, 0.6) is 17.2 Å². The average molecular weight is 484 g/mol. The number of rotatable bonds is 10. The fraction of sp³-hybridized carbons (Fsp3) is 0.200. The number of hydrogen-bond donors (Lipinski definition) is 2. The van der Waals surface area contributed by atoms with E-state index in [1.807, 2.05) is 6.07 Å². The van der Waals surface area contributed by atoms with Crippen LogP contribution in [0, 0.1) is 5.82 Å². The van der Waals surface area contributed by atoms with E-state index in [0.717, 1.165) is 5.39 Å². The summed E-state index contributed by atoms with van der Waals surface area (Å²) < 4.78 is 30.3. The van der Waals surface area contributed by atoms with E-state index in [0.29, 0.717) is 57.9 Å². The van der Waals surface area contributed by atoms with E-state index >= 15 is 0 Å². The monoisotopic (exact) mass is 483 g/mol. The van der Waals surface area contributed by atoms with Gasteiger partial charge in [-0.3, -0.25) is 0 Å². The fourth-order valence-corrected chi connectivity index (χ4v) is 3.54. The standard InChI is InChI=1S/C25H23ClFN3O4/c1-32-23-13-21-19(12-24(23)33-9-3-8-31)25(29-15-28-21)30-18-6-7-22(20(26)11-18)34-14-16-4-2-5-17(27)10-16/h2,4-7,10-13,15,31H,3,8-9,14H2,1H3,(H,28,29,30). The van der Waals surface area contributed by atoms with Gasteiger partial charge in [-0.15, -0.1) is 0 Å². The van der Waals surface area contributed by atoms with Crippen molar-refractivity contribution >= 4 is 34.0 Å². The Kier molecular flexibility index (Phi) is 7.61. The highest BCUT2D eigenvalue weighted by atomic mass is 35.5. The molecule has 0 aliphatic heterocycles. The van der Waals surface area contributed by atoms with Gasteiger partial charge in [0, 0.05) is 30.2 Å². The minimum Gasteiger partial charge on any atom is -0.493 e. The molecule has 0 atom stereocenters. The number of anilines is 2. The van der Waals surface area contributed by atoms with E-state index in [9.17, 15) is 4.39 Å². The van der Waals surface area contributed by atoms with Crippen LogP contribution in [0.2, 0.25) is 5.02 Å².